The Labute approximate surface area is 93.2 Å². The molecule has 2 aliphatic rings. The standard InChI is InChI=1S/C9H14FNO4S/c10-8(16(13,14)15)9(12)11-7-4-5-1-2-6(7)3-5/h5-8H,1-4H2,(H,11,12)(H,13,14,15)/p-1. The van der Waals surface area contributed by atoms with Crippen molar-refractivity contribution in [2.24, 2.45) is 11.8 Å². The Kier molecular flexibility index (Phi) is 2.91. The maximum absolute atomic E-state index is 12.9. The van der Waals surface area contributed by atoms with Crippen LogP contribution in [0, 0.1) is 11.8 Å². The van der Waals surface area contributed by atoms with E-state index in [2.05, 4.69) is 5.32 Å². The number of hydrogen-bond donors (Lipinski definition) is 1. The van der Waals surface area contributed by atoms with E-state index in [9.17, 15) is 22.2 Å². The van der Waals surface area contributed by atoms with Crippen LogP contribution in [0.25, 0.3) is 0 Å². The summed E-state index contributed by atoms with van der Waals surface area (Å²) in [6.45, 7) is 0. The minimum Gasteiger partial charge on any atom is -0.745 e. The van der Waals surface area contributed by atoms with Gasteiger partial charge in [0.25, 0.3) is 11.4 Å². The fourth-order valence-electron chi connectivity index (χ4n) is 2.80. The Morgan fingerprint density at radius 3 is 2.50 bits per heavy atom. The lowest BCUT2D eigenvalue weighted by atomic mass is 9.95. The molecule has 4 atom stereocenters. The van der Waals surface area contributed by atoms with E-state index in [1.807, 2.05) is 0 Å². The zero-order chi connectivity index (χ0) is 11.9. The van der Waals surface area contributed by atoms with Crippen molar-refractivity contribution in [3.8, 4) is 0 Å². The lowest BCUT2D eigenvalue weighted by Gasteiger charge is -2.24. The molecule has 0 aliphatic heterocycles. The number of carbonyl (C=O) groups excluding carboxylic acids is 1. The summed E-state index contributed by atoms with van der Waals surface area (Å²) < 4.78 is 43.8. The van der Waals surface area contributed by atoms with Gasteiger partial charge < -0.3 is 9.87 Å². The smallest absolute Gasteiger partial charge is 0.269 e. The number of rotatable bonds is 3. The molecule has 2 saturated carbocycles. The minimum atomic E-state index is -5.19. The highest BCUT2D eigenvalue weighted by Gasteiger charge is 2.41. The highest BCUT2D eigenvalue weighted by molar-refractivity contribution is 7.87. The van der Waals surface area contributed by atoms with Gasteiger partial charge in [-0.05, 0) is 31.1 Å². The van der Waals surface area contributed by atoms with E-state index in [1.54, 1.807) is 0 Å². The van der Waals surface area contributed by atoms with Gasteiger partial charge in [-0.3, -0.25) is 4.79 Å². The number of hydrogen-bond acceptors (Lipinski definition) is 4. The Morgan fingerprint density at radius 1 is 1.38 bits per heavy atom. The molecule has 0 aromatic carbocycles. The first-order valence-corrected chi connectivity index (χ1v) is 6.74. The summed E-state index contributed by atoms with van der Waals surface area (Å²) in [5, 5.41) is 2.32. The first-order chi connectivity index (χ1) is 7.38. The van der Waals surface area contributed by atoms with Crippen molar-refractivity contribution in [3.63, 3.8) is 0 Å². The molecule has 2 rings (SSSR count). The third-order valence-electron chi connectivity index (χ3n) is 3.53. The second kappa shape index (κ2) is 3.96. The van der Waals surface area contributed by atoms with Gasteiger partial charge in [0.1, 0.15) is 10.1 Å². The Hall–Kier alpha value is -0.690. The first kappa shape index (κ1) is 11.8. The van der Waals surface area contributed by atoms with Gasteiger partial charge in [-0.2, -0.15) is 0 Å². The molecule has 92 valence electrons. The van der Waals surface area contributed by atoms with Gasteiger partial charge in [-0.1, -0.05) is 6.42 Å². The topological polar surface area (TPSA) is 86.3 Å². The second-order valence-corrected chi connectivity index (χ2v) is 6.00. The summed E-state index contributed by atoms with van der Waals surface area (Å²) in [6, 6.07) is -0.161. The van der Waals surface area contributed by atoms with Crippen LogP contribution in [0.5, 0.6) is 0 Å². The monoisotopic (exact) mass is 250 g/mol. The summed E-state index contributed by atoms with van der Waals surface area (Å²) >= 11 is 0. The molecule has 4 unspecified atom stereocenters. The van der Waals surface area contributed by atoms with Crippen molar-refractivity contribution in [2.75, 3.05) is 0 Å². The van der Waals surface area contributed by atoms with Gasteiger partial charge in [0, 0.05) is 6.04 Å². The Morgan fingerprint density at radius 2 is 2.06 bits per heavy atom. The van der Waals surface area contributed by atoms with Crippen molar-refractivity contribution in [1.82, 2.24) is 5.32 Å². The molecule has 0 heterocycles. The lowest BCUT2D eigenvalue weighted by molar-refractivity contribution is -0.124. The van der Waals surface area contributed by atoms with E-state index >= 15 is 0 Å². The fourth-order valence-corrected chi connectivity index (χ4v) is 3.13. The number of carbonyl (C=O) groups is 1. The average Bonchev–Trinajstić information content (AvgIpc) is 2.76. The SMILES string of the molecule is O=C(NC1CC2CCC1C2)C(F)S(=O)(=O)[O-]. The Balaban J connectivity index is 1.93. The summed E-state index contributed by atoms with van der Waals surface area (Å²) in [7, 11) is -5.19. The summed E-state index contributed by atoms with van der Waals surface area (Å²) in [6.07, 6.45) is 3.88. The maximum atomic E-state index is 12.9. The van der Waals surface area contributed by atoms with Crippen LogP contribution in [0.1, 0.15) is 25.7 Å². The van der Waals surface area contributed by atoms with Crippen molar-refractivity contribution in [3.05, 3.63) is 0 Å². The molecular formula is C9H13FNO4S-. The molecule has 0 aromatic heterocycles. The molecule has 1 N–H and O–H groups in total. The molecule has 5 nitrogen and oxygen atoms in total. The van der Waals surface area contributed by atoms with Gasteiger partial charge in [0.05, 0.1) is 0 Å². The predicted octanol–water partition coefficient (Wildman–Crippen LogP) is 0.132. The quantitative estimate of drug-likeness (QED) is 0.721. The highest BCUT2D eigenvalue weighted by atomic mass is 32.2. The van der Waals surface area contributed by atoms with E-state index in [1.165, 1.54) is 0 Å². The van der Waals surface area contributed by atoms with Crippen LogP contribution in [-0.4, -0.2) is 30.4 Å². The lowest BCUT2D eigenvalue weighted by Crippen LogP contribution is -2.44. The van der Waals surface area contributed by atoms with Gasteiger partial charge in [-0.25, -0.2) is 12.8 Å². The van der Waals surface area contributed by atoms with E-state index in [0.29, 0.717) is 11.8 Å². The van der Waals surface area contributed by atoms with E-state index in [0.717, 1.165) is 25.7 Å². The number of amides is 1. The van der Waals surface area contributed by atoms with Crippen LogP contribution < -0.4 is 5.32 Å². The molecule has 2 aliphatic carbocycles. The molecule has 0 aromatic rings. The second-order valence-electron chi connectivity index (χ2n) is 4.60. The van der Waals surface area contributed by atoms with Crippen LogP contribution in [0.2, 0.25) is 0 Å². The summed E-state index contributed by atoms with van der Waals surface area (Å²) in [5.41, 5.74) is -2.98. The zero-order valence-electron chi connectivity index (χ0n) is 8.56. The van der Waals surface area contributed by atoms with Crippen LogP contribution in [-0.2, 0) is 14.9 Å². The fraction of sp³-hybridized carbons (Fsp3) is 0.889. The van der Waals surface area contributed by atoms with Gasteiger partial charge in [0.2, 0.25) is 0 Å². The molecule has 0 saturated heterocycles. The van der Waals surface area contributed by atoms with Crippen LogP contribution in [0.3, 0.4) is 0 Å². The number of nitrogens with one attached hydrogen (secondary N) is 1. The molecular weight excluding hydrogens is 237 g/mol. The minimum absolute atomic E-state index is 0.161. The molecule has 0 spiro atoms. The normalized spacial score (nSPS) is 35.0. The van der Waals surface area contributed by atoms with Crippen molar-refractivity contribution in [2.45, 2.75) is 37.2 Å². The van der Waals surface area contributed by atoms with E-state index in [-0.39, 0.29) is 6.04 Å². The molecule has 16 heavy (non-hydrogen) atoms. The third kappa shape index (κ3) is 2.20. The van der Waals surface area contributed by atoms with Crippen LogP contribution in [0.15, 0.2) is 0 Å². The predicted molar refractivity (Wildman–Crippen MR) is 52.0 cm³/mol. The van der Waals surface area contributed by atoms with E-state index < -0.39 is 21.5 Å². The van der Waals surface area contributed by atoms with Crippen molar-refractivity contribution < 1.29 is 22.2 Å². The average molecular weight is 250 g/mol. The Bertz CT molecular complexity index is 396. The number of halogens is 1. The molecule has 2 fully saturated rings. The molecule has 0 radical (unpaired) electrons. The zero-order valence-corrected chi connectivity index (χ0v) is 9.37. The molecule has 2 bridgehead atoms. The van der Waals surface area contributed by atoms with Gasteiger partial charge in [-0.15, -0.1) is 0 Å². The molecule has 7 heteroatoms. The van der Waals surface area contributed by atoms with E-state index in [4.69, 9.17) is 0 Å². The van der Waals surface area contributed by atoms with Crippen molar-refractivity contribution >= 4 is 16.0 Å². The largest absolute Gasteiger partial charge is 0.745 e. The number of fused-ring (bicyclic) bond motifs is 2. The van der Waals surface area contributed by atoms with Gasteiger partial charge >= 0.3 is 0 Å². The van der Waals surface area contributed by atoms with Crippen LogP contribution in [0.4, 0.5) is 4.39 Å². The summed E-state index contributed by atoms with van der Waals surface area (Å²) in [4.78, 5) is 11.2. The molecule has 1 amide bonds. The summed E-state index contributed by atoms with van der Waals surface area (Å²) in [5.74, 6) is -0.444. The van der Waals surface area contributed by atoms with Crippen molar-refractivity contribution in [1.29, 1.82) is 0 Å². The van der Waals surface area contributed by atoms with Crippen LogP contribution >= 0.6 is 0 Å². The highest BCUT2D eigenvalue weighted by Crippen LogP contribution is 2.44. The number of alkyl halides is 1. The van der Waals surface area contributed by atoms with Gasteiger partial charge in [0.15, 0.2) is 0 Å². The maximum Gasteiger partial charge on any atom is 0.269 e. The first-order valence-electron chi connectivity index (χ1n) is 5.27. The third-order valence-corrected chi connectivity index (χ3v) is 4.25.